The molecular formula is C24H24N4O4S. The van der Waals surface area contributed by atoms with Gasteiger partial charge in [-0.15, -0.1) is 0 Å². The number of methoxy groups -OCH3 is 2. The number of carbonyl (C=O) groups excluding carboxylic acids is 2. The Morgan fingerprint density at radius 1 is 1.15 bits per heavy atom. The Hall–Kier alpha value is -3.59. The van der Waals surface area contributed by atoms with Crippen LogP contribution in [0.1, 0.15) is 30.5 Å². The minimum Gasteiger partial charge on any atom is -0.496 e. The summed E-state index contributed by atoms with van der Waals surface area (Å²) >= 11 is 1.43. The summed E-state index contributed by atoms with van der Waals surface area (Å²) in [5.74, 6) is 0.0329. The lowest BCUT2D eigenvalue weighted by Crippen LogP contribution is -2.38. The zero-order chi connectivity index (χ0) is 23.4. The summed E-state index contributed by atoms with van der Waals surface area (Å²) in [4.78, 5) is 36.1. The lowest BCUT2D eigenvalue weighted by atomic mass is 9.93. The SMILES string of the molecule is COC(=O)C1=C(C)N=C2SC=C(CC(=O)NCc3ccncc3)N2[C@@H]1c1ccccc1OC. The van der Waals surface area contributed by atoms with Crippen LogP contribution in [0.5, 0.6) is 5.75 Å². The number of amides is 1. The maximum absolute atomic E-state index is 12.8. The van der Waals surface area contributed by atoms with Crippen molar-refractivity contribution >= 4 is 28.8 Å². The molecule has 1 aromatic heterocycles. The number of rotatable bonds is 7. The van der Waals surface area contributed by atoms with Gasteiger partial charge < -0.3 is 19.7 Å². The molecule has 0 bridgehead atoms. The van der Waals surface area contributed by atoms with Gasteiger partial charge in [0.2, 0.25) is 5.91 Å². The zero-order valence-corrected chi connectivity index (χ0v) is 19.4. The van der Waals surface area contributed by atoms with Crippen molar-refractivity contribution < 1.29 is 19.1 Å². The number of hydrogen-bond donors (Lipinski definition) is 1. The predicted octanol–water partition coefficient (Wildman–Crippen LogP) is 3.54. The Labute approximate surface area is 196 Å². The fraction of sp³-hybridized carbons (Fsp3) is 0.250. The van der Waals surface area contributed by atoms with Gasteiger partial charge in [-0.2, -0.15) is 0 Å². The number of aliphatic imine (C=N–C) groups is 1. The molecule has 1 N–H and O–H groups in total. The average molecular weight is 465 g/mol. The van der Waals surface area contributed by atoms with E-state index in [9.17, 15) is 9.59 Å². The first kappa shape index (κ1) is 22.6. The number of esters is 1. The third kappa shape index (κ3) is 4.63. The molecule has 0 saturated heterocycles. The third-order valence-electron chi connectivity index (χ3n) is 5.42. The number of benzene rings is 1. The molecule has 33 heavy (non-hydrogen) atoms. The minimum absolute atomic E-state index is 0.135. The number of amidine groups is 1. The van der Waals surface area contributed by atoms with Crippen molar-refractivity contribution in [2.45, 2.75) is 25.9 Å². The third-order valence-corrected chi connectivity index (χ3v) is 6.31. The van der Waals surface area contributed by atoms with Gasteiger partial charge in [0.25, 0.3) is 0 Å². The number of nitrogens with zero attached hydrogens (tertiary/aromatic N) is 3. The molecule has 2 aromatic rings. The van der Waals surface area contributed by atoms with Crippen molar-refractivity contribution in [3.63, 3.8) is 0 Å². The summed E-state index contributed by atoms with van der Waals surface area (Å²) in [6.07, 6.45) is 3.51. The van der Waals surface area contributed by atoms with Crippen LogP contribution in [0.2, 0.25) is 0 Å². The number of allylic oxidation sites excluding steroid dienone is 1. The standard InChI is InChI=1S/C24H24N4O4S/c1-15-21(23(30)32-3)22(18-6-4-5-7-19(18)31-2)28-17(14-33-24(28)27-15)12-20(29)26-13-16-8-10-25-11-9-16/h4-11,14,22H,12-13H2,1-3H3,(H,26,29)/t22-/m1/s1. The fourth-order valence-electron chi connectivity index (χ4n) is 3.86. The number of thioether (sulfide) groups is 1. The van der Waals surface area contributed by atoms with E-state index in [2.05, 4.69) is 15.3 Å². The quantitative estimate of drug-likeness (QED) is 0.627. The van der Waals surface area contributed by atoms with E-state index >= 15 is 0 Å². The second-order valence-electron chi connectivity index (χ2n) is 7.44. The molecule has 1 atom stereocenters. The van der Waals surface area contributed by atoms with E-state index in [1.165, 1.54) is 18.9 Å². The highest BCUT2D eigenvalue weighted by Crippen LogP contribution is 2.46. The highest BCUT2D eigenvalue weighted by atomic mass is 32.2. The van der Waals surface area contributed by atoms with Crippen LogP contribution in [-0.2, 0) is 20.9 Å². The molecule has 0 unspecified atom stereocenters. The van der Waals surface area contributed by atoms with Crippen LogP contribution in [-0.4, -0.2) is 41.1 Å². The molecule has 0 saturated carbocycles. The maximum atomic E-state index is 12.8. The second-order valence-corrected chi connectivity index (χ2v) is 8.27. The van der Waals surface area contributed by atoms with Gasteiger partial charge >= 0.3 is 5.97 Å². The van der Waals surface area contributed by atoms with Gasteiger partial charge in [0.1, 0.15) is 5.75 Å². The van der Waals surface area contributed by atoms with Crippen LogP contribution in [0, 0.1) is 0 Å². The van der Waals surface area contributed by atoms with E-state index in [1.807, 2.05) is 46.7 Å². The molecule has 0 aliphatic carbocycles. The fourth-order valence-corrected chi connectivity index (χ4v) is 4.82. The summed E-state index contributed by atoms with van der Waals surface area (Å²) in [5, 5.41) is 5.55. The first-order chi connectivity index (χ1) is 16.0. The van der Waals surface area contributed by atoms with Gasteiger partial charge in [-0.1, -0.05) is 30.0 Å². The van der Waals surface area contributed by atoms with E-state index in [4.69, 9.17) is 9.47 Å². The van der Waals surface area contributed by atoms with Crippen LogP contribution in [0.15, 0.2) is 76.2 Å². The molecule has 0 radical (unpaired) electrons. The number of fused-ring (bicyclic) bond motifs is 1. The second kappa shape index (κ2) is 9.91. The highest BCUT2D eigenvalue weighted by Gasteiger charge is 2.42. The lowest BCUT2D eigenvalue weighted by molar-refractivity contribution is -0.136. The molecule has 3 heterocycles. The molecule has 1 aromatic carbocycles. The molecule has 170 valence electrons. The molecule has 4 rings (SSSR count). The summed E-state index contributed by atoms with van der Waals surface area (Å²) in [5.41, 5.74) is 3.49. The zero-order valence-electron chi connectivity index (χ0n) is 18.6. The van der Waals surface area contributed by atoms with Gasteiger partial charge in [-0.05, 0) is 36.1 Å². The van der Waals surface area contributed by atoms with E-state index in [-0.39, 0.29) is 12.3 Å². The van der Waals surface area contributed by atoms with E-state index in [1.54, 1.807) is 26.4 Å². The molecular weight excluding hydrogens is 440 g/mol. The smallest absolute Gasteiger partial charge is 0.338 e. The van der Waals surface area contributed by atoms with Gasteiger partial charge in [0.05, 0.1) is 38.0 Å². The van der Waals surface area contributed by atoms with E-state index < -0.39 is 12.0 Å². The highest BCUT2D eigenvalue weighted by molar-refractivity contribution is 8.16. The number of pyridine rings is 1. The molecule has 2 aliphatic heterocycles. The molecule has 0 spiro atoms. The molecule has 8 nitrogen and oxygen atoms in total. The van der Waals surface area contributed by atoms with Gasteiger partial charge in [-0.3, -0.25) is 9.78 Å². The first-order valence-electron chi connectivity index (χ1n) is 10.3. The van der Waals surface area contributed by atoms with Crippen molar-refractivity contribution in [3.05, 3.63) is 82.3 Å². The summed E-state index contributed by atoms with van der Waals surface area (Å²) in [7, 11) is 2.94. The first-order valence-corrected chi connectivity index (χ1v) is 11.2. The minimum atomic E-state index is -0.532. The number of para-hydroxylation sites is 1. The molecule has 9 heteroatoms. The number of nitrogens with one attached hydrogen (secondary N) is 1. The van der Waals surface area contributed by atoms with Crippen LogP contribution < -0.4 is 10.1 Å². The van der Waals surface area contributed by atoms with Crippen molar-refractivity contribution in [2.75, 3.05) is 14.2 Å². The normalized spacial score (nSPS) is 17.2. The predicted molar refractivity (Wildman–Crippen MR) is 126 cm³/mol. The van der Waals surface area contributed by atoms with Gasteiger partial charge in [0.15, 0.2) is 5.17 Å². The topological polar surface area (TPSA) is 93.1 Å². The van der Waals surface area contributed by atoms with Gasteiger partial charge in [-0.25, -0.2) is 9.79 Å². The lowest BCUT2D eigenvalue weighted by Gasteiger charge is -2.36. The Bertz CT molecular complexity index is 1160. The van der Waals surface area contributed by atoms with E-state index in [0.29, 0.717) is 28.7 Å². The van der Waals surface area contributed by atoms with Crippen LogP contribution in [0.4, 0.5) is 0 Å². The van der Waals surface area contributed by atoms with Crippen molar-refractivity contribution in [2.24, 2.45) is 4.99 Å². The average Bonchev–Trinajstić information content (AvgIpc) is 3.23. The number of carbonyl (C=O) groups is 2. The molecule has 1 amide bonds. The van der Waals surface area contributed by atoms with E-state index in [0.717, 1.165) is 16.8 Å². The van der Waals surface area contributed by atoms with Crippen molar-refractivity contribution in [1.82, 2.24) is 15.2 Å². The van der Waals surface area contributed by atoms with Crippen LogP contribution in [0.25, 0.3) is 0 Å². The monoisotopic (exact) mass is 464 g/mol. The Morgan fingerprint density at radius 3 is 2.64 bits per heavy atom. The Morgan fingerprint density at radius 2 is 1.91 bits per heavy atom. The molecule has 2 aliphatic rings. The summed E-state index contributed by atoms with van der Waals surface area (Å²) in [6, 6.07) is 10.7. The van der Waals surface area contributed by atoms with Crippen molar-refractivity contribution in [3.8, 4) is 5.75 Å². The molecule has 0 fully saturated rings. The van der Waals surface area contributed by atoms with Crippen LogP contribution in [0.3, 0.4) is 0 Å². The number of hydrogen-bond acceptors (Lipinski definition) is 8. The Balaban J connectivity index is 1.64. The largest absolute Gasteiger partial charge is 0.496 e. The number of aromatic nitrogens is 1. The van der Waals surface area contributed by atoms with Crippen molar-refractivity contribution in [1.29, 1.82) is 0 Å². The Kier molecular flexibility index (Phi) is 6.79. The maximum Gasteiger partial charge on any atom is 0.338 e. The summed E-state index contributed by atoms with van der Waals surface area (Å²) in [6.45, 7) is 2.20. The van der Waals surface area contributed by atoms with Crippen LogP contribution >= 0.6 is 11.8 Å². The van der Waals surface area contributed by atoms with Gasteiger partial charge in [0, 0.05) is 30.2 Å². The number of ether oxygens (including phenoxy) is 2. The summed E-state index contributed by atoms with van der Waals surface area (Å²) < 4.78 is 10.7.